The van der Waals surface area contributed by atoms with Gasteiger partial charge in [0.2, 0.25) is 0 Å². The maximum Gasteiger partial charge on any atom is 0.461 e. The summed E-state index contributed by atoms with van der Waals surface area (Å²) in [5, 5.41) is 0.443. The summed E-state index contributed by atoms with van der Waals surface area (Å²) >= 11 is 23.3. The molecule has 176 valence electrons. The van der Waals surface area contributed by atoms with E-state index < -0.39 is 18.3 Å². The van der Waals surface area contributed by atoms with E-state index in [1.807, 2.05) is 0 Å². The SMILES string of the molecule is FC(F)C(F)(F)Oc1cccc(OCCCOc2c(Cl)cc(OCC=C(Cl)Cl)cc2Cl)c1. The fraction of sp³-hybridized carbons (Fsp3) is 0.300. The van der Waals surface area contributed by atoms with Gasteiger partial charge in [-0.05, 0) is 18.2 Å². The summed E-state index contributed by atoms with van der Waals surface area (Å²) < 4.78 is 70.9. The minimum Gasteiger partial charge on any atom is -0.493 e. The Morgan fingerprint density at radius 3 is 2.16 bits per heavy atom. The van der Waals surface area contributed by atoms with Crippen molar-refractivity contribution in [2.45, 2.75) is 19.0 Å². The summed E-state index contributed by atoms with van der Waals surface area (Å²) in [4.78, 5) is 0. The molecule has 0 aliphatic heterocycles. The summed E-state index contributed by atoms with van der Waals surface area (Å²) in [5.41, 5.74) is 0. The van der Waals surface area contributed by atoms with Crippen molar-refractivity contribution in [3.8, 4) is 23.0 Å². The van der Waals surface area contributed by atoms with Crippen LogP contribution in [0.25, 0.3) is 0 Å². The second-order valence-electron chi connectivity index (χ2n) is 6.01. The van der Waals surface area contributed by atoms with Gasteiger partial charge in [0, 0.05) is 24.6 Å². The van der Waals surface area contributed by atoms with E-state index in [4.69, 9.17) is 60.6 Å². The number of ether oxygens (including phenoxy) is 4. The highest BCUT2D eigenvalue weighted by Gasteiger charge is 2.44. The van der Waals surface area contributed by atoms with Gasteiger partial charge >= 0.3 is 12.5 Å². The molecule has 0 atom stereocenters. The zero-order chi connectivity index (χ0) is 23.7. The molecule has 0 bridgehead atoms. The van der Waals surface area contributed by atoms with Crippen LogP contribution in [0.3, 0.4) is 0 Å². The summed E-state index contributed by atoms with van der Waals surface area (Å²) in [6, 6.07) is 8.02. The molecule has 2 rings (SSSR count). The lowest BCUT2D eigenvalue weighted by atomic mass is 10.3. The van der Waals surface area contributed by atoms with Crippen LogP contribution in [-0.4, -0.2) is 32.4 Å². The third kappa shape index (κ3) is 8.65. The summed E-state index contributed by atoms with van der Waals surface area (Å²) in [6.07, 6.45) is -6.73. The van der Waals surface area contributed by atoms with Gasteiger partial charge in [-0.2, -0.15) is 17.6 Å². The van der Waals surface area contributed by atoms with Crippen LogP contribution < -0.4 is 18.9 Å². The van der Waals surface area contributed by atoms with Gasteiger partial charge in [-0.25, -0.2) is 0 Å². The second kappa shape index (κ2) is 12.5. The number of halogens is 8. The average Bonchev–Trinajstić information content (AvgIpc) is 2.69. The standard InChI is InChI=1S/C20H16Cl4F4O4/c21-15-10-14(30-8-5-17(23)24)11-16(22)18(15)31-7-2-6-29-12-3-1-4-13(9-12)32-20(27,28)19(25)26/h1,3-5,9-11,19H,2,6-8H2. The molecule has 0 amide bonds. The number of rotatable bonds is 12. The van der Waals surface area contributed by atoms with E-state index in [1.165, 1.54) is 30.3 Å². The highest BCUT2D eigenvalue weighted by atomic mass is 35.5. The smallest absolute Gasteiger partial charge is 0.461 e. The van der Waals surface area contributed by atoms with E-state index in [9.17, 15) is 17.6 Å². The lowest BCUT2D eigenvalue weighted by Crippen LogP contribution is -2.33. The Bertz CT molecular complexity index is 901. The highest BCUT2D eigenvalue weighted by Crippen LogP contribution is 2.37. The number of alkyl halides is 4. The van der Waals surface area contributed by atoms with Crippen LogP contribution in [-0.2, 0) is 0 Å². The highest BCUT2D eigenvalue weighted by molar-refractivity contribution is 6.55. The first-order valence-electron chi connectivity index (χ1n) is 8.92. The number of hydrogen-bond acceptors (Lipinski definition) is 4. The molecule has 2 aromatic carbocycles. The maximum absolute atomic E-state index is 13.0. The quantitative estimate of drug-likeness (QED) is 0.205. The molecule has 12 heteroatoms. The Kier molecular flexibility index (Phi) is 10.3. The van der Waals surface area contributed by atoms with Crippen molar-refractivity contribution in [2.24, 2.45) is 0 Å². The minimum atomic E-state index is -4.60. The molecule has 4 nitrogen and oxygen atoms in total. The third-order valence-electron chi connectivity index (χ3n) is 3.58. The molecule has 0 N–H and O–H groups in total. The van der Waals surface area contributed by atoms with E-state index >= 15 is 0 Å². The van der Waals surface area contributed by atoms with Crippen molar-refractivity contribution < 1.29 is 36.5 Å². The third-order valence-corrected chi connectivity index (χ3v) is 4.45. The van der Waals surface area contributed by atoms with Crippen LogP contribution in [0.15, 0.2) is 47.0 Å². The van der Waals surface area contributed by atoms with E-state index in [2.05, 4.69) is 4.74 Å². The van der Waals surface area contributed by atoms with E-state index in [0.717, 1.165) is 12.1 Å². The van der Waals surface area contributed by atoms with Crippen LogP contribution in [0.4, 0.5) is 17.6 Å². The van der Waals surface area contributed by atoms with Crippen molar-refractivity contribution in [3.63, 3.8) is 0 Å². The molecule has 0 saturated heterocycles. The molecule has 2 aromatic rings. The fourth-order valence-corrected chi connectivity index (χ4v) is 2.91. The zero-order valence-corrected chi connectivity index (χ0v) is 19.1. The predicted octanol–water partition coefficient (Wildman–Crippen LogP) is 7.78. The van der Waals surface area contributed by atoms with Crippen LogP contribution >= 0.6 is 46.4 Å². The number of benzene rings is 2. The summed E-state index contributed by atoms with van der Waals surface area (Å²) in [5.74, 6) is 0.349. The molecule has 32 heavy (non-hydrogen) atoms. The Morgan fingerprint density at radius 2 is 1.53 bits per heavy atom. The Balaban J connectivity index is 1.82. The molecule has 0 aromatic heterocycles. The molecule has 0 fully saturated rings. The van der Waals surface area contributed by atoms with Crippen LogP contribution in [0.1, 0.15) is 6.42 Å². The monoisotopic (exact) mass is 536 g/mol. The Hall–Kier alpha value is -1.74. The Morgan fingerprint density at radius 1 is 0.906 bits per heavy atom. The molecule has 0 aliphatic rings. The normalized spacial score (nSPS) is 11.3. The van der Waals surface area contributed by atoms with Gasteiger partial charge in [0.15, 0.2) is 5.75 Å². The topological polar surface area (TPSA) is 36.9 Å². The maximum atomic E-state index is 13.0. The first-order chi connectivity index (χ1) is 15.1. The molecule has 0 spiro atoms. The lowest BCUT2D eigenvalue weighted by Gasteiger charge is -2.17. The van der Waals surface area contributed by atoms with E-state index in [1.54, 1.807) is 0 Å². The first kappa shape index (κ1) is 26.5. The van der Waals surface area contributed by atoms with Gasteiger partial charge in [0.1, 0.15) is 28.3 Å². The molecule has 0 heterocycles. The van der Waals surface area contributed by atoms with Crippen molar-refractivity contribution in [3.05, 3.63) is 57.0 Å². The van der Waals surface area contributed by atoms with Gasteiger partial charge in [0.05, 0.1) is 23.3 Å². The molecular formula is C20H16Cl4F4O4. The molecule has 0 unspecified atom stereocenters. The molecule has 0 aliphatic carbocycles. The second-order valence-corrected chi connectivity index (χ2v) is 7.83. The average molecular weight is 538 g/mol. The van der Waals surface area contributed by atoms with Gasteiger partial charge in [-0.1, -0.05) is 52.5 Å². The number of hydrogen-bond donors (Lipinski definition) is 0. The van der Waals surface area contributed by atoms with Gasteiger partial charge in [-0.15, -0.1) is 0 Å². The van der Waals surface area contributed by atoms with Gasteiger partial charge in [0.25, 0.3) is 0 Å². The first-order valence-corrected chi connectivity index (χ1v) is 10.4. The van der Waals surface area contributed by atoms with Crippen LogP contribution in [0.5, 0.6) is 23.0 Å². The van der Waals surface area contributed by atoms with Crippen molar-refractivity contribution >= 4 is 46.4 Å². The van der Waals surface area contributed by atoms with Crippen molar-refractivity contribution in [2.75, 3.05) is 19.8 Å². The molecule has 0 radical (unpaired) electrons. The molecular weight excluding hydrogens is 522 g/mol. The largest absolute Gasteiger partial charge is 0.493 e. The van der Waals surface area contributed by atoms with Gasteiger partial charge in [-0.3, -0.25) is 0 Å². The van der Waals surface area contributed by atoms with Crippen LogP contribution in [0.2, 0.25) is 10.0 Å². The summed E-state index contributed by atoms with van der Waals surface area (Å²) in [7, 11) is 0. The summed E-state index contributed by atoms with van der Waals surface area (Å²) in [6.45, 7) is 0.430. The van der Waals surface area contributed by atoms with Crippen molar-refractivity contribution in [1.29, 1.82) is 0 Å². The minimum absolute atomic E-state index is 0.0646. The zero-order valence-electron chi connectivity index (χ0n) is 16.1. The van der Waals surface area contributed by atoms with E-state index in [0.29, 0.717) is 12.2 Å². The van der Waals surface area contributed by atoms with Gasteiger partial charge < -0.3 is 18.9 Å². The van der Waals surface area contributed by atoms with Crippen LogP contribution in [0, 0.1) is 0 Å². The van der Waals surface area contributed by atoms with E-state index in [-0.39, 0.29) is 45.9 Å². The van der Waals surface area contributed by atoms with Crippen molar-refractivity contribution in [1.82, 2.24) is 0 Å². The fourth-order valence-electron chi connectivity index (χ4n) is 2.21. The molecule has 0 saturated carbocycles. The Labute approximate surface area is 201 Å². The lowest BCUT2D eigenvalue weighted by molar-refractivity contribution is -0.253. The predicted molar refractivity (Wildman–Crippen MR) is 115 cm³/mol.